The van der Waals surface area contributed by atoms with Crippen LogP contribution in [0.3, 0.4) is 0 Å². The van der Waals surface area contributed by atoms with E-state index in [2.05, 4.69) is 42.8 Å². The molecule has 0 saturated carbocycles. The predicted molar refractivity (Wildman–Crippen MR) is 77.9 cm³/mol. The molecule has 0 bridgehead atoms. The Balaban J connectivity index is 2.24. The van der Waals surface area contributed by atoms with Gasteiger partial charge in [0.15, 0.2) is 0 Å². The topological polar surface area (TPSA) is 35.9 Å². The highest BCUT2D eigenvalue weighted by Gasteiger charge is 2.37. The second-order valence-electron chi connectivity index (χ2n) is 5.87. The molecule has 19 heavy (non-hydrogen) atoms. The highest BCUT2D eigenvalue weighted by molar-refractivity contribution is 5.52. The zero-order valence-electron chi connectivity index (χ0n) is 12.3. The predicted octanol–water partition coefficient (Wildman–Crippen LogP) is 1.59. The maximum Gasteiger partial charge on any atom is 0.119 e. The van der Waals surface area contributed by atoms with Crippen molar-refractivity contribution >= 4 is 5.69 Å². The number of piperazine rings is 1. The van der Waals surface area contributed by atoms with E-state index >= 15 is 0 Å². The molecule has 1 unspecified atom stereocenters. The molecule has 1 aliphatic rings. The van der Waals surface area contributed by atoms with Crippen molar-refractivity contribution < 1.29 is 9.84 Å². The normalized spacial score (nSPS) is 23.4. The molecule has 4 nitrogen and oxygen atoms in total. The molecule has 0 spiro atoms. The molecule has 0 amide bonds. The molecule has 106 valence electrons. The average Bonchev–Trinajstić information content (AvgIpc) is 2.38. The van der Waals surface area contributed by atoms with Crippen molar-refractivity contribution in [2.45, 2.75) is 25.4 Å². The van der Waals surface area contributed by atoms with Gasteiger partial charge < -0.3 is 14.7 Å². The van der Waals surface area contributed by atoms with E-state index in [0.717, 1.165) is 18.8 Å². The number of benzene rings is 1. The van der Waals surface area contributed by atoms with Crippen molar-refractivity contribution in [3.63, 3.8) is 0 Å². The standard InChI is InChI=1S/C15H24N2O2/c1-15(2)11-16(3)13(10-18)9-17(15)12-5-7-14(19-4)8-6-12/h5-8,13,18H,9-11H2,1-4H3. The first-order chi connectivity index (χ1) is 8.97. The molecule has 4 heteroatoms. The molecular weight excluding hydrogens is 240 g/mol. The summed E-state index contributed by atoms with van der Waals surface area (Å²) in [7, 11) is 3.75. The summed E-state index contributed by atoms with van der Waals surface area (Å²) >= 11 is 0. The Bertz CT molecular complexity index is 417. The number of ether oxygens (including phenoxy) is 1. The maximum atomic E-state index is 9.49. The zero-order chi connectivity index (χ0) is 14.0. The minimum atomic E-state index is 0.0506. The first-order valence-electron chi connectivity index (χ1n) is 6.71. The monoisotopic (exact) mass is 264 g/mol. The summed E-state index contributed by atoms with van der Waals surface area (Å²) in [5, 5.41) is 9.49. The van der Waals surface area contributed by atoms with Crippen LogP contribution in [0.15, 0.2) is 24.3 Å². The SMILES string of the molecule is COc1ccc(N2CC(CO)N(C)CC2(C)C)cc1. The molecule has 0 aliphatic carbocycles. The fourth-order valence-electron chi connectivity index (χ4n) is 2.84. The molecule has 1 aromatic rings. The Morgan fingerprint density at radius 3 is 2.47 bits per heavy atom. The van der Waals surface area contributed by atoms with Crippen LogP contribution in [-0.4, -0.2) is 55.4 Å². The third-order valence-electron chi connectivity index (χ3n) is 3.98. The summed E-state index contributed by atoms with van der Waals surface area (Å²) in [6, 6.07) is 8.32. The van der Waals surface area contributed by atoms with Gasteiger partial charge in [0, 0.05) is 24.3 Å². The molecule has 1 heterocycles. The van der Waals surface area contributed by atoms with Gasteiger partial charge in [-0.3, -0.25) is 4.90 Å². The minimum Gasteiger partial charge on any atom is -0.497 e. The summed E-state index contributed by atoms with van der Waals surface area (Å²) in [6.45, 7) is 6.44. The third-order valence-corrected chi connectivity index (χ3v) is 3.98. The van der Waals surface area contributed by atoms with Crippen molar-refractivity contribution in [3.8, 4) is 5.75 Å². The van der Waals surface area contributed by atoms with E-state index in [1.807, 2.05) is 12.1 Å². The second-order valence-corrected chi connectivity index (χ2v) is 5.87. The van der Waals surface area contributed by atoms with Gasteiger partial charge in [0.05, 0.1) is 19.8 Å². The maximum absolute atomic E-state index is 9.49. The van der Waals surface area contributed by atoms with Gasteiger partial charge in [0.25, 0.3) is 0 Å². The number of anilines is 1. The highest BCUT2D eigenvalue weighted by atomic mass is 16.5. The Morgan fingerprint density at radius 2 is 1.95 bits per heavy atom. The number of aliphatic hydroxyl groups is 1. The lowest BCUT2D eigenvalue weighted by molar-refractivity contribution is 0.0980. The quantitative estimate of drug-likeness (QED) is 0.899. The Labute approximate surface area is 115 Å². The molecule has 1 atom stereocenters. The minimum absolute atomic E-state index is 0.0506. The molecule has 1 aliphatic heterocycles. The van der Waals surface area contributed by atoms with Crippen molar-refractivity contribution in [3.05, 3.63) is 24.3 Å². The van der Waals surface area contributed by atoms with Gasteiger partial charge in [-0.25, -0.2) is 0 Å². The van der Waals surface area contributed by atoms with Gasteiger partial charge in [-0.15, -0.1) is 0 Å². The lowest BCUT2D eigenvalue weighted by Crippen LogP contribution is -2.63. The van der Waals surface area contributed by atoms with Gasteiger partial charge >= 0.3 is 0 Å². The van der Waals surface area contributed by atoms with Crippen molar-refractivity contribution in [1.29, 1.82) is 0 Å². The number of hydrogen-bond donors (Lipinski definition) is 1. The number of aliphatic hydroxyl groups excluding tert-OH is 1. The Hall–Kier alpha value is -1.26. The first kappa shape index (κ1) is 14.2. The van der Waals surface area contributed by atoms with E-state index in [0.29, 0.717) is 0 Å². The fraction of sp³-hybridized carbons (Fsp3) is 0.600. The fourth-order valence-corrected chi connectivity index (χ4v) is 2.84. The number of nitrogens with zero attached hydrogens (tertiary/aromatic N) is 2. The van der Waals surface area contributed by atoms with Crippen LogP contribution in [-0.2, 0) is 0 Å². The van der Waals surface area contributed by atoms with Crippen molar-refractivity contribution in [1.82, 2.24) is 4.90 Å². The highest BCUT2D eigenvalue weighted by Crippen LogP contribution is 2.30. The first-order valence-corrected chi connectivity index (χ1v) is 6.71. The van der Waals surface area contributed by atoms with Crippen LogP contribution in [0.25, 0.3) is 0 Å². The summed E-state index contributed by atoms with van der Waals surface area (Å²) in [6.07, 6.45) is 0. The van der Waals surface area contributed by atoms with Crippen molar-refractivity contribution in [2.75, 3.05) is 38.8 Å². The molecule has 1 saturated heterocycles. The van der Waals surface area contributed by atoms with Crippen molar-refractivity contribution in [2.24, 2.45) is 0 Å². The lowest BCUT2D eigenvalue weighted by Gasteiger charge is -2.51. The summed E-state index contributed by atoms with van der Waals surface area (Å²) in [5.74, 6) is 0.870. The summed E-state index contributed by atoms with van der Waals surface area (Å²) in [5.41, 5.74) is 1.23. The van der Waals surface area contributed by atoms with Crippen LogP contribution in [0, 0.1) is 0 Å². The van der Waals surface area contributed by atoms with Crippen LogP contribution in [0.2, 0.25) is 0 Å². The van der Waals surface area contributed by atoms with E-state index in [1.165, 1.54) is 5.69 Å². The Kier molecular flexibility index (Phi) is 4.02. The molecular formula is C15H24N2O2. The number of methoxy groups -OCH3 is 1. The average molecular weight is 264 g/mol. The van der Waals surface area contributed by atoms with Gasteiger partial charge in [0.2, 0.25) is 0 Å². The van der Waals surface area contributed by atoms with Gasteiger partial charge in [-0.1, -0.05) is 0 Å². The number of likely N-dealkylation sites (N-methyl/N-ethyl adjacent to an activating group) is 1. The molecule has 2 rings (SSSR count). The van der Waals surface area contributed by atoms with Crippen LogP contribution < -0.4 is 9.64 Å². The van der Waals surface area contributed by atoms with Crippen LogP contribution in [0.5, 0.6) is 5.75 Å². The van der Waals surface area contributed by atoms with Crippen LogP contribution in [0.1, 0.15) is 13.8 Å². The zero-order valence-corrected chi connectivity index (χ0v) is 12.3. The van der Waals surface area contributed by atoms with Gasteiger partial charge in [0.1, 0.15) is 5.75 Å². The van der Waals surface area contributed by atoms with Crippen LogP contribution >= 0.6 is 0 Å². The van der Waals surface area contributed by atoms with E-state index in [-0.39, 0.29) is 18.2 Å². The number of hydrogen-bond acceptors (Lipinski definition) is 4. The van der Waals surface area contributed by atoms with Gasteiger partial charge in [-0.05, 0) is 45.2 Å². The Morgan fingerprint density at radius 1 is 1.32 bits per heavy atom. The number of rotatable bonds is 3. The third kappa shape index (κ3) is 2.85. The molecule has 0 radical (unpaired) electrons. The summed E-state index contributed by atoms with van der Waals surface area (Å²) in [4.78, 5) is 4.60. The molecule has 1 aromatic carbocycles. The van der Waals surface area contributed by atoms with E-state index in [9.17, 15) is 5.11 Å². The lowest BCUT2D eigenvalue weighted by atomic mass is 9.95. The van der Waals surface area contributed by atoms with E-state index < -0.39 is 0 Å². The van der Waals surface area contributed by atoms with E-state index in [1.54, 1.807) is 7.11 Å². The second kappa shape index (κ2) is 5.39. The molecule has 0 aromatic heterocycles. The smallest absolute Gasteiger partial charge is 0.119 e. The van der Waals surface area contributed by atoms with Gasteiger partial charge in [-0.2, -0.15) is 0 Å². The summed E-state index contributed by atoms with van der Waals surface area (Å²) < 4.78 is 5.20. The molecule has 1 fully saturated rings. The molecule has 1 N–H and O–H groups in total. The largest absolute Gasteiger partial charge is 0.497 e. The van der Waals surface area contributed by atoms with Crippen LogP contribution in [0.4, 0.5) is 5.69 Å². The van der Waals surface area contributed by atoms with E-state index in [4.69, 9.17) is 4.74 Å².